The predicted molar refractivity (Wildman–Crippen MR) is 141 cm³/mol. The highest BCUT2D eigenvalue weighted by Gasteiger charge is 2.18. The highest BCUT2D eigenvalue weighted by Crippen LogP contribution is 2.35. The molecule has 0 N–H and O–H groups in total. The van der Waals surface area contributed by atoms with Gasteiger partial charge in [0.15, 0.2) is 0 Å². The maximum Gasteiger partial charge on any atom is 0.287 e. The average Bonchev–Trinajstić information content (AvgIpc) is 3.22. The van der Waals surface area contributed by atoms with Crippen LogP contribution in [-0.2, 0) is 0 Å². The van der Waals surface area contributed by atoms with Crippen LogP contribution in [0.4, 0.5) is 0 Å². The van der Waals surface area contributed by atoms with Gasteiger partial charge in [0.25, 0.3) is 11.1 Å². The summed E-state index contributed by atoms with van der Waals surface area (Å²) in [5.74, 6) is 0.0174. The van der Waals surface area contributed by atoms with Crippen molar-refractivity contribution in [3.05, 3.63) is 124 Å². The molecule has 0 amide bonds. The maximum absolute atomic E-state index is 14.0. The normalized spacial score (nSPS) is 11.6. The van der Waals surface area contributed by atoms with E-state index in [0.29, 0.717) is 16.2 Å². The molecule has 7 rings (SSSR count). The van der Waals surface area contributed by atoms with Crippen molar-refractivity contribution in [2.24, 2.45) is 0 Å². The molecule has 0 aliphatic carbocycles. The summed E-state index contributed by atoms with van der Waals surface area (Å²) in [5, 5.41) is 3.55. The van der Waals surface area contributed by atoms with Crippen LogP contribution < -0.4 is 11.1 Å². The molecule has 4 heterocycles. The lowest BCUT2D eigenvalue weighted by molar-refractivity contribution is 0.872. The third-order valence-electron chi connectivity index (χ3n) is 6.52. The number of hydrogen-bond acceptors (Lipinski definition) is 5. The smallest absolute Gasteiger partial charge is 0.287 e. The molecule has 0 aliphatic rings. The van der Waals surface area contributed by atoms with E-state index in [9.17, 15) is 9.59 Å². The lowest BCUT2D eigenvalue weighted by Gasteiger charge is -2.08. The van der Waals surface area contributed by atoms with Crippen LogP contribution in [0.3, 0.4) is 0 Å². The first-order valence-electron chi connectivity index (χ1n) is 11.5. The third kappa shape index (κ3) is 2.83. The van der Waals surface area contributed by atoms with Crippen LogP contribution in [-0.4, -0.2) is 24.1 Å². The van der Waals surface area contributed by atoms with E-state index in [-0.39, 0.29) is 11.5 Å². The van der Waals surface area contributed by atoms with E-state index in [4.69, 9.17) is 0 Å². The van der Waals surface area contributed by atoms with E-state index in [1.807, 2.05) is 54.6 Å². The summed E-state index contributed by atoms with van der Waals surface area (Å²) in [6.45, 7) is 0. The van der Waals surface area contributed by atoms with Crippen LogP contribution in [0.15, 0.2) is 113 Å². The highest BCUT2D eigenvalue weighted by molar-refractivity contribution is 6.17. The van der Waals surface area contributed by atoms with Crippen LogP contribution >= 0.6 is 0 Å². The SMILES string of the molecule is O=c1c2cc3c4ccccc4n(-c4ccccc4)c3cc2c2cccnc2c(=O)n1-c1ncccn1. The molecule has 3 aromatic carbocycles. The zero-order chi connectivity index (χ0) is 24.2. The van der Waals surface area contributed by atoms with E-state index >= 15 is 0 Å². The number of fused-ring (bicyclic) bond motifs is 6. The largest absolute Gasteiger partial charge is 0.309 e. The Kier molecular flexibility index (Phi) is 4.31. The van der Waals surface area contributed by atoms with Crippen LogP contribution in [0, 0.1) is 0 Å². The number of hydrogen-bond donors (Lipinski definition) is 0. The lowest BCUT2D eigenvalue weighted by atomic mass is 10.1. The molecule has 7 heteroatoms. The molecule has 0 radical (unpaired) electrons. The Morgan fingerprint density at radius 2 is 1.22 bits per heavy atom. The Balaban J connectivity index is 1.76. The van der Waals surface area contributed by atoms with Gasteiger partial charge in [0.2, 0.25) is 5.95 Å². The molecule has 0 saturated heterocycles. The van der Waals surface area contributed by atoms with Crippen molar-refractivity contribution in [3.63, 3.8) is 0 Å². The van der Waals surface area contributed by atoms with Crippen molar-refractivity contribution in [2.75, 3.05) is 0 Å². The molecule has 170 valence electrons. The number of rotatable bonds is 2. The monoisotopic (exact) mass is 467 g/mol. The summed E-state index contributed by atoms with van der Waals surface area (Å²) < 4.78 is 3.19. The maximum atomic E-state index is 14.0. The average molecular weight is 467 g/mol. The van der Waals surface area contributed by atoms with Crippen molar-refractivity contribution < 1.29 is 0 Å². The molecule has 0 unspecified atom stereocenters. The molecule has 0 bridgehead atoms. The number of aromatic nitrogens is 5. The molecule has 0 aliphatic heterocycles. The van der Waals surface area contributed by atoms with Gasteiger partial charge < -0.3 is 4.57 Å². The van der Waals surface area contributed by atoms with Crippen LogP contribution in [0.5, 0.6) is 0 Å². The van der Waals surface area contributed by atoms with Crippen molar-refractivity contribution in [3.8, 4) is 11.6 Å². The summed E-state index contributed by atoms with van der Waals surface area (Å²) in [7, 11) is 0. The van der Waals surface area contributed by atoms with Crippen molar-refractivity contribution in [1.29, 1.82) is 0 Å². The molecule has 7 aromatic rings. The Morgan fingerprint density at radius 3 is 2.06 bits per heavy atom. The molecular weight excluding hydrogens is 450 g/mol. The van der Waals surface area contributed by atoms with Gasteiger partial charge in [-0.3, -0.25) is 14.6 Å². The van der Waals surface area contributed by atoms with Crippen LogP contribution in [0.25, 0.3) is 55.1 Å². The van der Waals surface area contributed by atoms with Gasteiger partial charge in [0.1, 0.15) is 5.52 Å². The van der Waals surface area contributed by atoms with E-state index < -0.39 is 11.1 Å². The first-order valence-corrected chi connectivity index (χ1v) is 11.5. The summed E-state index contributed by atoms with van der Waals surface area (Å²) in [5.41, 5.74) is 2.10. The molecule has 0 atom stereocenters. The minimum Gasteiger partial charge on any atom is -0.309 e. The van der Waals surface area contributed by atoms with E-state index in [0.717, 1.165) is 32.1 Å². The molecule has 4 aromatic heterocycles. The van der Waals surface area contributed by atoms with Crippen LogP contribution in [0.1, 0.15) is 0 Å². The van der Waals surface area contributed by atoms with E-state index in [1.54, 1.807) is 18.3 Å². The van der Waals surface area contributed by atoms with Gasteiger partial charge in [0.05, 0.1) is 11.0 Å². The van der Waals surface area contributed by atoms with E-state index in [1.165, 1.54) is 12.4 Å². The number of pyridine rings is 1. The van der Waals surface area contributed by atoms with Crippen molar-refractivity contribution in [1.82, 2.24) is 24.1 Å². The number of para-hydroxylation sites is 2. The predicted octanol–water partition coefficient (Wildman–Crippen LogP) is 4.79. The molecule has 36 heavy (non-hydrogen) atoms. The van der Waals surface area contributed by atoms with Gasteiger partial charge in [-0.15, -0.1) is 0 Å². The minimum absolute atomic E-state index is 0.0174. The Hall–Kier alpha value is -5.17. The lowest BCUT2D eigenvalue weighted by Crippen LogP contribution is -2.30. The topological polar surface area (TPSA) is 82.7 Å². The quantitative estimate of drug-likeness (QED) is 0.365. The summed E-state index contributed by atoms with van der Waals surface area (Å²) in [6.07, 6.45) is 4.56. The van der Waals surface area contributed by atoms with Crippen molar-refractivity contribution >= 4 is 43.5 Å². The van der Waals surface area contributed by atoms with Gasteiger partial charge in [-0.1, -0.05) is 42.5 Å². The molecule has 7 nitrogen and oxygen atoms in total. The van der Waals surface area contributed by atoms with Gasteiger partial charge in [-0.2, -0.15) is 0 Å². The van der Waals surface area contributed by atoms with Crippen molar-refractivity contribution in [2.45, 2.75) is 0 Å². The van der Waals surface area contributed by atoms with E-state index in [2.05, 4.69) is 37.7 Å². The second-order valence-electron chi connectivity index (χ2n) is 8.50. The third-order valence-corrected chi connectivity index (χ3v) is 6.52. The fraction of sp³-hybridized carbons (Fsp3) is 0. The van der Waals surface area contributed by atoms with Gasteiger partial charge in [0, 0.05) is 45.8 Å². The number of nitrogens with zero attached hydrogens (tertiary/aromatic N) is 5. The van der Waals surface area contributed by atoms with Crippen LogP contribution in [0.2, 0.25) is 0 Å². The Morgan fingerprint density at radius 1 is 0.500 bits per heavy atom. The van der Waals surface area contributed by atoms with Gasteiger partial charge in [-0.05, 0) is 47.9 Å². The molecule has 0 fully saturated rings. The molecule has 0 spiro atoms. The molecule has 0 saturated carbocycles. The second kappa shape index (κ2) is 7.68. The van der Waals surface area contributed by atoms with Gasteiger partial charge in [-0.25, -0.2) is 14.5 Å². The van der Waals surface area contributed by atoms with Gasteiger partial charge >= 0.3 is 0 Å². The summed E-state index contributed by atoms with van der Waals surface area (Å²) in [6, 6.07) is 27.3. The standard InChI is InChI=1S/C29H17N5O2/c35-27-23-16-22-19-10-4-5-12-24(19)33(18-8-2-1-3-9-18)25(22)17-21(23)20-11-6-13-30-26(20)28(36)34(27)29-31-14-7-15-32-29/h1-17H. The highest BCUT2D eigenvalue weighted by atomic mass is 16.2. The zero-order valence-corrected chi connectivity index (χ0v) is 18.9. The second-order valence-corrected chi connectivity index (χ2v) is 8.50. The molecular formula is C29H17N5O2. The first-order chi connectivity index (χ1) is 17.7. The Bertz CT molecular complexity index is 2080. The zero-order valence-electron chi connectivity index (χ0n) is 18.9. The summed E-state index contributed by atoms with van der Waals surface area (Å²) >= 11 is 0. The minimum atomic E-state index is -0.557. The fourth-order valence-electron chi connectivity index (χ4n) is 4.97. The number of benzene rings is 3. The summed E-state index contributed by atoms with van der Waals surface area (Å²) in [4.78, 5) is 40.3. The Labute approximate surface area is 203 Å². The first kappa shape index (κ1) is 20.2. The fourth-order valence-corrected chi connectivity index (χ4v) is 4.97.